The molecule has 4 N–H and O–H groups in total. The van der Waals surface area contributed by atoms with Crippen molar-refractivity contribution in [2.75, 3.05) is 13.2 Å². The standard InChI is InChI=1S/C14H28O6/c1-2-3-4-5-6-7-8-13(18)20-12(10-16)14(19)11(17)9-15/h11-12,14-17,19H,2-10H2,1H3/t11-,12+,14+/m1/s1. The Kier molecular flexibility index (Phi) is 11.7. The van der Waals surface area contributed by atoms with Gasteiger partial charge in [-0.05, 0) is 6.42 Å². The third-order valence-corrected chi connectivity index (χ3v) is 3.16. The highest BCUT2D eigenvalue weighted by atomic mass is 16.6. The van der Waals surface area contributed by atoms with Crippen molar-refractivity contribution < 1.29 is 30.0 Å². The molecule has 0 rings (SSSR count). The van der Waals surface area contributed by atoms with E-state index in [1.54, 1.807) is 0 Å². The van der Waals surface area contributed by atoms with Gasteiger partial charge in [-0.1, -0.05) is 39.0 Å². The van der Waals surface area contributed by atoms with Gasteiger partial charge in [0, 0.05) is 6.42 Å². The summed E-state index contributed by atoms with van der Waals surface area (Å²) in [5.74, 6) is -0.510. The number of unbranched alkanes of at least 4 members (excludes halogenated alkanes) is 5. The van der Waals surface area contributed by atoms with Crippen molar-refractivity contribution in [3.05, 3.63) is 0 Å². The molecule has 0 aromatic carbocycles. The van der Waals surface area contributed by atoms with Crippen molar-refractivity contribution in [2.45, 2.75) is 70.2 Å². The number of carbonyl (C=O) groups is 1. The maximum Gasteiger partial charge on any atom is 0.306 e. The summed E-state index contributed by atoms with van der Waals surface area (Å²) in [5.41, 5.74) is 0. The maximum absolute atomic E-state index is 11.5. The SMILES string of the molecule is CCCCCCCCC(=O)O[C@@H](CO)[C@@H](O)[C@H](O)CO. The van der Waals surface area contributed by atoms with Gasteiger partial charge < -0.3 is 25.2 Å². The highest BCUT2D eigenvalue weighted by Crippen LogP contribution is 2.10. The van der Waals surface area contributed by atoms with Crippen LogP contribution in [0.5, 0.6) is 0 Å². The van der Waals surface area contributed by atoms with Crippen LogP contribution in [-0.4, -0.2) is 57.9 Å². The van der Waals surface area contributed by atoms with E-state index in [9.17, 15) is 15.0 Å². The number of carbonyl (C=O) groups excluding carboxylic acids is 1. The third-order valence-electron chi connectivity index (χ3n) is 3.16. The van der Waals surface area contributed by atoms with Crippen LogP contribution in [0, 0.1) is 0 Å². The van der Waals surface area contributed by atoms with Gasteiger partial charge in [0.2, 0.25) is 0 Å². The number of rotatable bonds is 12. The molecule has 0 bridgehead atoms. The Morgan fingerprint density at radius 2 is 1.60 bits per heavy atom. The van der Waals surface area contributed by atoms with E-state index in [1.807, 2.05) is 0 Å². The Morgan fingerprint density at radius 3 is 2.15 bits per heavy atom. The molecule has 0 spiro atoms. The Morgan fingerprint density at radius 1 is 1.00 bits per heavy atom. The normalized spacial score (nSPS) is 15.7. The number of aliphatic hydroxyl groups excluding tert-OH is 4. The van der Waals surface area contributed by atoms with Crippen molar-refractivity contribution in [1.82, 2.24) is 0 Å². The molecule has 0 heterocycles. The number of esters is 1. The average molecular weight is 292 g/mol. The Balaban J connectivity index is 3.86. The van der Waals surface area contributed by atoms with E-state index in [4.69, 9.17) is 14.9 Å². The van der Waals surface area contributed by atoms with E-state index in [1.165, 1.54) is 12.8 Å². The summed E-state index contributed by atoms with van der Waals surface area (Å²) in [6, 6.07) is 0. The van der Waals surface area contributed by atoms with Gasteiger partial charge in [0.25, 0.3) is 0 Å². The smallest absolute Gasteiger partial charge is 0.306 e. The Labute approximate surface area is 120 Å². The topological polar surface area (TPSA) is 107 Å². The lowest BCUT2D eigenvalue weighted by atomic mass is 10.1. The second-order valence-corrected chi connectivity index (χ2v) is 4.97. The molecule has 0 aromatic rings. The lowest BCUT2D eigenvalue weighted by molar-refractivity contribution is -0.165. The first-order valence-electron chi connectivity index (χ1n) is 7.34. The Bertz CT molecular complexity index is 246. The second kappa shape index (κ2) is 12.1. The van der Waals surface area contributed by atoms with Crippen LogP contribution in [0.3, 0.4) is 0 Å². The number of hydrogen-bond donors (Lipinski definition) is 4. The van der Waals surface area contributed by atoms with E-state index in [0.717, 1.165) is 19.3 Å². The predicted molar refractivity (Wildman–Crippen MR) is 74.1 cm³/mol. The molecule has 0 fully saturated rings. The molecule has 3 atom stereocenters. The summed E-state index contributed by atoms with van der Waals surface area (Å²) in [6.07, 6.45) is 2.36. The molecule has 6 nitrogen and oxygen atoms in total. The fourth-order valence-corrected chi connectivity index (χ4v) is 1.85. The fourth-order valence-electron chi connectivity index (χ4n) is 1.85. The van der Waals surface area contributed by atoms with Crippen molar-refractivity contribution in [3.63, 3.8) is 0 Å². The third kappa shape index (κ3) is 8.47. The molecule has 0 saturated heterocycles. The van der Waals surface area contributed by atoms with Crippen LogP contribution in [0.15, 0.2) is 0 Å². The van der Waals surface area contributed by atoms with Gasteiger partial charge in [-0.15, -0.1) is 0 Å². The summed E-state index contributed by atoms with van der Waals surface area (Å²) < 4.78 is 4.90. The number of ether oxygens (including phenoxy) is 1. The molecular formula is C14H28O6. The Hall–Kier alpha value is -0.690. The summed E-state index contributed by atoms with van der Waals surface area (Å²) in [7, 11) is 0. The summed E-state index contributed by atoms with van der Waals surface area (Å²) >= 11 is 0. The van der Waals surface area contributed by atoms with Crippen LogP contribution in [-0.2, 0) is 9.53 Å². The monoisotopic (exact) mass is 292 g/mol. The van der Waals surface area contributed by atoms with Crippen LogP contribution in [0.2, 0.25) is 0 Å². The zero-order chi connectivity index (χ0) is 15.4. The molecule has 120 valence electrons. The molecule has 0 aromatic heterocycles. The van der Waals surface area contributed by atoms with E-state index < -0.39 is 37.5 Å². The molecular weight excluding hydrogens is 264 g/mol. The first kappa shape index (κ1) is 19.3. The van der Waals surface area contributed by atoms with Crippen LogP contribution in [0.4, 0.5) is 0 Å². The average Bonchev–Trinajstić information content (AvgIpc) is 2.46. The number of aliphatic hydroxyl groups is 4. The van der Waals surface area contributed by atoms with Gasteiger partial charge in [-0.2, -0.15) is 0 Å². The van der Waals surface area contributed by atoms with Crippen LogP contribution >= 0.6 is 0 Å². The summed E-state index contributed by atoms with van der Waals surface area (Å²) in [6.45, 7) is 0.881. The van der Waals surface area contributed by atoms with E-state index in [-0.39, 0.29) is 6.42 Å². The molecule has 20 heavy (non-hydrogen) atoms. The van der Waals surface area contributed by atoms with Crippen LogP contribution < -0.4 is 0 Å². The van der Waals surface area contributed by atoms with Crippen molar-refractivity contribution in [3.8, 4) is 0 Å². The molecule has 0 aliphatic heterocycles. The summed E-state index contributed by atoms with van der Waals surface area (Å²) in [5, 5.41) is 36.5. The zero-order valence-corrected chi connectivity index (χ0v) is 12.2. The molecule has 0 aliphatic carbocycles. The zero-order valence-electron chi connectivity index (χ0n) is 12.2. The van der Waals surface area contributed by atoms with Gasteiger partial charge in [-0.3, -0.25) is 4.79 Å². The van der Waals surface area contributed by atoms with Crippen LogP contribution in [0.25, 0.3) is 0 Å². The largest absolute Gasteiger partial charge is 0.457 e. The molecule has 0 aliphatic rings. The van der Waals surface area contributed by atoms with Crippen molar-refractivity contribution >= 4 is 5.97 Å². The van der Waals surface area contributed by atoms with Gasteiger partial charge in [-0.25, -0.2) is 0 Å². The predicted octanol–water partition coefficient (Wildman–Crippen LogP) is 0.355. The minimum absolute atomic E-state index is 0.227. The van der Waals surface area contributed by atoms with Crippen molar-refractivity contribution in [1.29, 1.82) is 0 Å². The summed E-state index contributed by atoms with van der Waals surface area (Å²) in [4.78, 5) is 11.5. The molecule has 0 amide bonds. The second-order valence-electron chi connectivity index (χ2n) is 4.97. The van der Waals surface area contributed by atoms with E-state index in [2.05, 4.69) is 6.92 Å². The minimum Gasteiger partial charge on any atom is -0.457 e. The van der Waals surface area contributed by atoms with Gasteiger partial charge >= 0.3 is 5.97 Å². The van der Waals surface area contributed by atoms with E-state index >= 15 is 0 Å². The van der Waals surface area contributed by atoms with Gasteiger partial charge in [0.1, 0.15) is 12.2 Å². The lowest BCUT2D eigenvalue weighted by Crippen LogP contribution is -2.44. The van der Waals surface area contributed by atoms with Crippen LogP contribution in [0.1, 0.15) is 51.9 Å². The van der Waals surface area contributed by atoms with E-state index in [0.29, 0.717) is 6.42 Å². The first-order chi connectivity index (χ1) is 9.56. The van der Waals surface area contributed by atoms with Gasteiger partial charge in [0.15, 0.2) is 6.10 Å². The quantitative estimate of drug-likeness (QED) is 0.305. The highest BCUT2D eigenvalue weighted by molar-refractivity contribution is 5.69. The molecule has 0 radical (unpaired) electrons. The lowest BCUT2D eigenvalue weighted by Gasteiger charge is -2.24. The maximum atomic E-state index is 11.5. The first-order valence-corrected chi connectivity index (χ1v) is 7.34. The number of hydrogen-bond acceptors (Lipinski definition) is 6. The molecule has 6 heteroatoms. The van der Waals surface area contributed by atoms with Gasteiger partial charge in [0.05, 0.1) is 13.2 Å². The van der Waals surface area contributed by atoms with Crippen molar-refractivity contribution in [2.24, 2.45) is 0 Å². The minimum atomic E-state index is -1.49. The molecule has 0 saturated carbocycles. The highest BCUT2D eigenvalue weighted by Gasteiger charge is 2.28. The fraction of sp³-hybridized carbons (Fsp3) is 0.929. The molecule has 0 unspecified atom stereocenters.